The molecule has 156 valence electrons. The summed E-state index contributed by atoms with van der Waals surface area (Å²) in [5.74, 6) is -2.17. The standard InChI is InChI=1S/C19H14Cl2F3N5O/c20-13-6-12(7-14(21)8-13)16(19(22,23)24)3-1-11-2-4-17(29-10-26-9-27-29)15(5-11)18(25)28-30/h1-10,16,30H,(H2,25,28). The lowest BCUT2D eigenvalue weighted by molar-refractivity contribution is -0.139. The summed E-state index contributed by atoms with van der Waals surface area (Å²) in [5.41, 5.74) is 6.73. The monoisotopic (exact) mass is 455 g/mol. The summed E-state index contributed by atoms with van der Waals surface area (Å²) in [6.45, 7) is 0. The summed E-state index contributed by atoms with van der Waals surface area (Å²) < 4.78 is 42.3. The van der Waals surface area contributed by atoms with E-state index in [2.05, 4.69) is 15.2 Å². The van der Waals surface area contributed by atoms with Gasteiger partial charge in [-0.15, -0.1) is 0 Å². The molecule has 0 saturated heterocycles. The topological polar surface area (TPSA) is 89.3 Å². The molecule has 1 aromatic heterocycles. The zero-order valence-electron chi connectivity index (χ0n) is 15.1. The highest BCUT2D eigenvalue weighted by atomic mass is 35.5. The minimum Gasteiger partial charge on any atom is -0.409 e. The third-order valence-electron chi connectivity index (χ3n) is 4.15. The average Bonchev–Trinajstić information content (AvgIpc) is 3.20. The van der Waals surface area contributed by atoms with Gasteiger partial charge in [-0.1, -0.05) is 46.6 Å². The van der Waals surface area contributed by atoms with E-state index < -0.39 is 12.1 Å². The molecule has 30 heavy (non-hydrogen) atoms. The highest BCUT2D eigenvalue weighted by molar-refractivity contribution is 6.34. The molecular formula is C19H14Cl2F3N5O. The van der Waals surface area contributed by atoms with Crippen molar-refractivity contribution in [1.29, 1.82) is 0 Å². The van der Waals surface area contributed by atoms with Gasteiger partial charge in [0.25, 0.3) is 0 Å². The molecule has 3 N–H and O–H groups in total. The van der Waals surface area contributed by atoms with Crippen molar-refractivity contribution in [2.45, 2.75) is 12.1 Å². The molecule has 1 heterocycles. The fraction of sp³-hybridized carbons (Fsp3) is 0.105. The van der Waals surface area contributed by atoms with Crippen LogP contribution in [0.15, 0.2) is 60.3 Å². The van der Waals surface area contributed by atoms with E-state index in [1.165, 1.54) is 47.7 Å². The van der Waals surface area contributed by atoms with Crippen molar-refractivity contribution in [3.8, 4) is 5.69 Å². The van der Waals surface area contributed by atoms with Gasteiger partial charge >= 0.3 is 6.18 Å². The molecule has 0 aliphatic heterocycles. The Morgan fingerprint density at radius 2 is 1.87 bits per heavy atom. The Labute approximate surface area is 179 Å². The number of halogens is 5. The summed E-state index contributed by atoms with van der Waals surface area (Å²) in [6, 6.07) is 8.40. The van der Waals surface area contributed by atoms with E-state index in [-0.39, 0.29) is 27.0 Å². The SMILES string of the molecule is NC(=NO)c1cc(C=CC(c2cc(Cl)cc(Cl)c2)C(F)(F)F)ccc1-n1cncn1. The van der Waals surface area contributed by atoms with E-state index >= 15 is 0 Å². The lowest BCUT2D eigenvalue weighted by atomic mass is 9.96. The Kier molecular flexibility index (Phi) is 6.33. The van der Waals surface area contributed by atoms with E-state index in [4.69, 9.17) is 34.1 Å². The van der Waals surface area contributed by atoms with Gasteiger partial charge < -0.3 is 10.9 Å². The maximum Gasteiger partial charge on any atom is 0.399 e. The molecule has 6 nitrogen and oxygen atoms in total. The zero-order valence-corrected chi connectivity index (χ0v) is 16.6. The maximum absolute atomic E-state index is 13.7. The second kappa shape index (κ2) is 8.76. The van der Waals surface area contributed by atoms with Gasteiger partial charge in [-0.05, 0) is 41.5 Å². The molecule has 2 aromatic carbocycles. The number of alkyl halides is 3. The fourth-order valence-electron chi connectivity index (χ4n) is 2.82. The highest BCUT2D eigenvalue weighted by Crippen LogP contribution is 2.38. The van der Waals surface area contributed by atoms with Crippen molar-refractivity contribution < 1.29 is 18.4 Å². The molecule has 0 amide bonds. The minimum atomic E-state index is -4.57. The number of allylic oxidation sites excluding steroid dienone is 1. The van der Waals surface area contributed by atoms with E-state index in [0.29, 0.717) is 11.3 Å². The normalized spacial score (nSPS) is 13.7. The Balaban J connectivity index is 2.02. The predicted molar refractivity (Wildman–Crippen MR) is 108 cm³/mol. The lowest BCUT2D eigenvalue weighted by Gasteiger charge is -2.18. The van der Waals surface area contributed by atoms with Crippen LogP contribution in [0.5, 0.6) is 0 Å². The Bertz CT molecular complexity index is 1080. The number of amidine groups is 1. The zero-order chi connectivity index (χ0) is 21.9. The molecule has 0 bridgehead atoms. The molecule has 0 spiro atoms. The number of hydrogen-bond donors (Lipinski definition) is 2. The number of aromatic nitrogens is 3. The predicted octanol–water partition coefficient (Wildman–Crippen LogP) is 5.03. The summed E-state index contributed by atoms with van der Waals surface area (Å²) in [5, 5.41) is 16.2. The van der Waals surface area contributed by atoms with E-state index in [9.17, 15) is 13.2 Å². The third kappa shape index (κ3) is 4.92. The third-order valence-corrected chi connectivity index (χ3v) is 4.58. The molecule has 11 heteroatoms. The molecule has 0 saturated carbocycles. The number of nitrogens with two attached hydrogens (primary N) is 1. The molecule has 3 aromatic rings. The summed E-state index contributed by atoms with van der Waals surface area (Å²) >= 11 is 11.7. The number of nitrogens with zero attached hydrogens (tertiary/aromatic N) is 4. The smallest absolute Gasteiger partial charge is 0.399 e. The molecule has 0 aliphatic carbocycles. The number of benzene rings is 2. The maximum atomic E-state index is 13.7. The summed E-state index contributed by atoms with van der Waals surface area (Å²) in [4.78, 5) is 3.83. The van der Waals surface area contributed by atoms with Crippen molar-refractivity contribution in [3.63, 3.8) is 0 Å². The molecular weight excluding hydrogens is 442 g/mol. The molecule has 3 rings (SSSR count). The fourth-order valence-corrected chi connectivity index (χ4v) is 3.36. The van der Waals surface area contributed by atoms with Crippen LogP contribution in [0.2, 0.25) is 10.0 Å². The number of hydrogen-bond acceptors (Lipinski definition) is 4. The van der Waals surface area contributed by atoms with Gasteiger partial charge in [0.05, 0.1) is 11.6 Å². The molecule has 1 unspecified atom stereocenters. The van der Waals surface area contributed by atoms with E-state index in [1.54, 1.807) is 12.1 Å². The van der Waals surface area contributed by atoms with Crippen LogP contribution in [0, 0.1) is 0 Å². The van der Waals surface area contributed by atoms with Crippen molar-refractivity contribution in [1.82, 2.24) is 14.8 Å². The second-order valence-corrected chi connectivity index (χ2v) is 7.06. The van der Waals surface area contributed by atoms with Gasteiger partial charge in [0, 0.05) is 15.6 Å². The van der Waals surface area contributed by atoms with Crippen LogP contribution in [-0.4, -0.2) is 32.0 Å². The molecule has 0 radical (unpaired) electrons. The van der Waals surface area contributed by atoms with Gasteiger partial charge in [-0.2, -0.15) is 18.3 Å². The summed E-state index contributed by atoms with van der Waals surface area (Å²) in [6.07, 6.45) is 0.407. The first kappa shape index (κ1) is 21.7. The lowest BCUT2D eigenvalue weighted by Crippen LogP contribution is -2.19. The first-order valence-electron chi connectivity index (χ1n) is 8.37. The van der Waals surface area contributed by atoms with Crippen LogP contribution < -0.4 is 5.73 Å². The van der Waals surface area contributed by atoms with Crippen LogP contribution in [0.1, 0.15) is 22.6 Å². The van der Waals surface area contributed by atoms with Crippen LogP contribution in [0.4, 0.5) is 13.2 Å². The van der Waals surface area contributed by atoms with Crippen LogP contribution in [0.3, 0.4) is 0 Å². The van der Waals surface area contributed by atoms with Crippen LogP contribution in [0.25, 0.3) is 11.8 Å². The van der Waals surface area contributed by atoms with Gasteiger partial charge in [-0.3, -0.25) is 0 Å². The Hall–Kier alpha value is -3.04. The molecule has 0 aliphatic rings. The summed E-state index contributed by atoms with van der Waals surface area (Å²) in [7, 11) is 0. The minimum absolute atomic E-state index is 0.0906. The average molecular weight is 456 g/mol. The number of rotatable bonds is 5. The second-order valence-electron chi connectivity index (χ2n) is 6.18. The quantitative estimate of drug-likeness (QED) is 0.244. The van der Waals surface area contributed by atoms with Crippen molar-refractivity contribution in [3.05, 3.63) is 81.9 Å². The van der Waals surface area contributed by atoms with Crippen LogP contribution in [-0.2, 0) is 0 Å². The van der Waals surface area contributed by atoms with E-state index in [1.807, 2.05) is 0 Å². The largest absolute Gasteiger partial charge is 0.409 e. The van der Waals surface area contributed by atoms with Gasteiger partial charge in [0.15, 0.2) is 5.84 Å². The number of oxime groups is 1. The van der Waals surface area contributed by atoms with Crippen LogP contribution >= 0.6 is 23.2 Å². The van der Waals surface area contributed by atoms with E-state index in [0.717, 1.165) is 6.08 Å². The van der Waals surface area contributed by atoms with Crippen molar-refractivity contribution >= 4 is 35.1 Å². The first-order chi connectivity index (χ1) is 14.2. The molecule has 1 atom stereocenters. The molecule has 0 fully saturated rings. The van der Waals surface area contributed by atoms with Gasteiger partial charge in [0.1, 0.15) is 12.7 Å². The highest BCUT2D eigenvalue weighted by Gasteiger charge is 2.39. The Morgan fingerprint density at radius 1 is 1.17 bits per heavy atom. The van der Waals surface area contributed by atoms with Gasteiger partial charge in [-0.25, -0.2) is 9.67 Å². The Morgan fingerprint density at radius 3 is 2.43 bits per heavy atom. The first-order valence-corrected chi connectivity index (χ1v) is 9.12. The van der Waals surface area contributed by atoms with Gasteiger partial charge in [0.2, 0.25) is 0 Å². The van der Waals surface area contributed by atoms with Crippen molar-refractivity contribution in [2.24, 2.45) is 10.9 Å². The van der Waals surface area contributed by atoms with Crippen molar-refractivity contribution in [2.75, 3.05) is 0 Å².